The van der Waals surface area contributed by atoms with Crippen LogP contribution in [0.15, 0.2) is 11.7 Å². The zero-order chi connectivity index (χ0) is 9.54. The van der Waals surface area contributed by atoms with Crippen molar-refractivity contribution < 1.29 is 0 Å². The minimum atomic E-state index is 0.343. The van der Waals surface area contributed by atoms with Gasteiger partial charge in [0.05, 0.1) is 11.6 Å². The van der Waals surface area contributed by atoms with Crippen LogP contribution in [-0.4, -0.2) is 4.98 Å². The predicted molar refractivity (Wildman–Crippen MR) is 56.5 cm³/mol. The minimum absolute atomic E-state index is 0.343. The quantitative estimate of drug-likeness (QED) is 0.588. The third-order valence-electron chi connectivity index (χ3n) is 3.69. The van der Waals surface area contributed by atoms with Crippen LogP contribution < -0.4 is 11.3 Å². The summed E-state index contributed by atoms with van der Waals surface area (Å²) in [6.45, 7) is 0. The van der Waals surface area contributed by atoms with Crippen LogP contribution in [0.4, 0.5) is 0 Å². The SMILES string of the molecule is NNC(c1cncs1)C1CC2CC2C1. The van der Waals surface area contributed by atoms with Gasteiger partial charge in [0.15, 0.2) is 0 Å². The molecule has 3 rings (SSSR count). The van der Waals surface area contributed by atoms with E-state index >= 15 is 0 Å². The maximum absolute atomic E-state index is 5.63. The van der Waals surface area contributed by atoms with Crippen molar-refractivity contribution in [1.29, 1.82) is 0 Å². The number of hydrogen-bond donors (Lipinski definition) is 2. The van der Waals surface area contributed by atoms with Gasteiger partial charge in [-0.25, -0.2) is 0 Å². The second-order valence-corrected chi connectivity index (χ2v) is 5.45. The van der Waals surface area contributed by atoms with E-state index in [2.05, 4.69) is 10.4 Å². The summed E-state index contributed by atoms with van der Waals surface area (Å²) < 4.78 is 0. The van der Waals surface area contributed by atoms with Crippen LogP contribution in [0.3, 0.4) is 0 Å². The standard InChI is InChI=1S/C10H15N3S/c11-13-10(9-4-12-5-14-9)8-2-6-1-7(6)3-8/h4-8,10,13H,1-3,11H2. The maximum atomic E-state index is 5.63. The molecule has 0 aliphatic heterocycles. The summed E-state index contributed by atoms with van der Waals surface area (Å²) in [6, 6.07) is 0.343. The summed E-state index contributed by atoms with van der Waals surface area (Å²) in [7, 11) is 0. The molecule has 2 fully saturated rings. The number of nitrogens with zero attached hydrogens (tertiary/aromatic N) is 1. The van der Waals surface area contributed by atoms with E-state index < -0.39 is 0 Å². The molecule has 14 heavy (non-hydrogen) atoms. The molecule has 0 radical (unpaired) electrons. The van der Waals surface area contributed by atoms with Crippen molar-refractivity contribution in [3.05, 3.63) is 16.6 Å². The van der Waals surface area contributed by atoms with Crippen molar-refractivity contribution >= 4 is 11.3 Å². The van der Waals surface area contributed by atoms with Gasteiger partial charge in [-0.3, -0.25) is 16.3 Å². The minimum Gasteiger partial charge on any atom is -0.271 e. The Balaban J connectivity index is 1.74. The highest BCUT2D eigenvalue weighted by Crippen LogP contribution is 2.57. The van der Waals surface area contributed by atoms with E-state index in [1.807, 2.05) is 11.7 Å². The number of nitrogens with one attached hydrogen (secondary N) is 1. The number of rotatable bonds is 3. The van der Waals surface area contributed by atoms with Crippen LogP contribution in [-0.2, 0) is 0 Å². The Bertz CT molecular complexity index is 301. The summed E-state index contributed by atoms with van der Waals surface area (Å²) in [6.07, 6.45) is 6.13. The van der Waals surface area contributed by atoms with E-state index in [0.29, 0.717) is 6.04 Å². The van der Waals surface area contributed by atoms with Gasteiger partial charge in [0.1, 0.15) is 0 Å². The van der Waals surface area contributed by atoms with Crippen LogP contribution >= 0.6 is 11.3 Å². The van der Waals surface area contributed by atoms with Gasteiger partial charge in [0.25, 0.3) is 0 Å². The smallest absolute Gasteiger partial charge is 0.0794 e. The summed E-state index contributed by atoms with van der Waals surface area (Å²) >= 11 is 1.70. The molecule has 2 aliphatic carbocycles. The zero-order valence-corrected chi connectivity index (χ0v) is 8.83. The number of thiazole rings is 1. The Kier molecular flexibility index (Phi) is 2.08. The third-order valence-corrected chi connectivity index (χ3v) is 4.55. The molecular formula is C10H15N3S. The highest BCUT2D eigenvalue weighted by molar-refractivity contribution is 7.09. The molecule has 1 heterocycles. The largest absolute Gasteiger partial charge is 0.271 e. The third kappa shape index (κ3) is 1.38. The zero-order valence-electron chi connectivity index (χ0n) is 8.02. The first kappa shape index (κ1) is 8.83. The molecule has 2 aliphatic rings. The first-order valence-corrected chi connectivity index (χ1v) is 6.11. The van der Waals surface area contributed by atoms with E-state index in [1.165, 1.54) is 24.1 Å². The fraction of sp³-hybridized carbons (Fsp3) is 0.700. The maximum Gasteiger partial charge on any atom is 0.0794 e. The summed E-state index contributed by atoms with van der Waals surface area (Å²) in [5.74, 6) is 8.41. The molecule has 0 spiro atoms. The van der Waals surface area contributed by atoms with Crippen molar-refractivity contribution in [2.75, 3.05) is 0 Å². The highest BCUT2D eigenvalue weighted by atomic mass is 32.1. The fourth-order valence-corrected chi connectivity index (χ4v) is 3.64. The van der Waals surface area contributed by atoms with Gasteiger partial charge in [0.2, 0.25) is 0 Å². The molecule has 2 saturated carbocycles. The second kappa shape index (κ2) is 3.29. The van der Waals surface area contributed by atoms with Crippen LogP contribution in [0.2, 0.25) is 0 Å². The number of hydrazine groups is 1. The molecule has 0 saturated heterocycles. The molecule has 1 aromatic heterocycles. The lowest BCUT2D eigenvalue weighted by molar-refractivity contribution is 0.350. The van der Waals surface area contributed by atoms with Gasteiger partial charge in [-0.1, -0.05) is 0 Å². The summed E-state index contributed by atoms with van der Waals surface area (Å²) in [5.41, 5.74) is 4.84. The molecule has 1 aromatic rings. The van der Waals surface area contributed by atoms with Crippen molar-refractivity contribution in [2.24, 2.45) is 23.6 Å². The van der Waals surface area contributed by atoms with Crippen LogP contribution in [0.1, 0.15) is 30.2 Å². The van der Waals surface area contributed by atoms with E-state index in [1.54, 1.807) is 11.3 Å². The lowest BCUT2D eigenvalue weighted by Gasteiger charge is -2.22. The normalized spacial score (nSPS) is 36.8. The molecule has 3 unspecified atom stereocenters. The number of nitrogens with two attached hydrogens (primary N) is 1. The van der Waals surface area contributed by atoms with Gasteiger partial charge >= 0.3 is 0 Å². The molecular weight excluding hydrogens is 194 g/mol. The van der Waals surface area contributed by atoms with Crippen molar-refractivity contribution in [3.8, 4) is 0 Å². The van der Waals surface area contributed by atoms with E-state index in [9.17, 15) is 0 Å². The van der Waals surface area contributed by atoms with Gasteiger partial charge < -0.3 is 0 Å². The van der Waals surface area contributed by atoms with Crippen molar-refractivity contribution in [1.82, 2.24) is 10.4 Å². The van der Waals surface area contributed by atoms with Gasteiger partial charge in [0, 0.05) is 11.1 Å². The average molecular weight is 209 g/mol. The van der Waals surface area contributed by atoms with Gasteiger partial charge in [-0.15, -0.1) is 11.3 Å². The molecule has 0 amide bonds. The predicted octanol–water partition coefficient (Wildman–Crippen LogP) is 1.69. The first-order valence-electron chi connectivity index (χ1n) is 5.23. The Morgan fingerprint density at radius 1 is 1.43 bits per heavy atom. The lowest BCUT2D eigenvalue weighted by Crippen LogP contribution is -2.32. The molecule has 3 N–H and O–H groups in total. The topological polar surface area (TPSA) is 50.9 Å². The van der Waals surface area contributed by atoms with Crippen molar-refractivity contribution in [2.45, 2.75) is 25.3 Å². The molecule has 0 aromatic carbocycles. The van der Waals surface area contributed by atoms with Crippen LogP contribution in [0.5, 0.6) is 0 Å². The first-order chi connectivity index (χ1) is 6.88. The summed E-state index contributed by atoms with van der Waals surface area (Å²) in [5, 5.41) is 0. The Labute approximate surface area is 87.7 Å². The van der Waals surface area contributed by atoms with E-state index in [-0.39, 0.29) is 0 Å². The number of aromatic nitrogens is 1. The molecule has 0 bridgehead atoms. The fourth-order valence-electron chi connectivity index (χ4n) is 2.86. The highest BCUT2D eigenvalue weighted by Gasteiger charge is 2.48. The number of hydrogen-bond acceptors (Lipinski definition) is 4. The second-order valence-electron chi connectivity index (χ2n) is 4.54. The summed E-state index contributed by atoms with van der Waals surface area (Å²) in [4.78, 5) is 5.41. The Morgan fingerprint density at radius 2 is 2.21 bits per heavy atom. The van der Waals surface area contributed by atoms with Gasteiger partial charge in [-0.2, -0.15) is 0 Å². The van der Waals surface area contributed by atoms with E-state index in [4.69, 9.17) is 5.84 Å². The molecule has 76 valence electrons. The molecule has 3 nitrogen and oxygen atoms in total. The molecule has 4 heteroatoms. The Morgan fingerprint density at radius 3 is 2.79 bits per heavy atom. The Hall–Kier alpha value is -0.450. The van der Waals surface area contributed by atoms with Crippen LogP contribution in [0.25, 0.3) is 0 Å². The molecule has 3 atom stereocenters. The van der Waals surface area contributed by atoms with Crippen molar-refractivity contribution in [3.63, 3.8) is 0 Å². The van der Waals surface area contributed by atoms with Gasteiger partial charge in [-0.05, 0) is 37.0 Å². The van der Waals surface area contributed by atoms with E-state index in [0.717, 1.165) is 17.8 Å². The average Bonchev–Trinajstić information content (AvgIpc) is 2.70. The van der Waals surface area contributed by atoms with Crippen LogP contribution in [0, 0.1) is 17.8 Å². The number of fused-ring (bicyclic) bond motifs is 1. The lowest BCUT2D eigenvalue weighted by atomic mass is 9.94. The monoisotopic (exact) mass is 209 g/mol.